The Hall–Kier alpha value is -2.33. The molecule has 2 aromatic rings. The van der Waals surface area contributed by atoms with E-state index in [0.29, 0.717) is 6.54 Å². The van der Waals surface area contributed by atoms with Gasteiger partial charge < -0.3 is 10.5 Å². The summed E-state index contributed by atoms with van der Waals surface area (Å²) in [7, 11) is 1.64. The van der Waals surface area contributed by atoms with Gasteiger partial charge in [-0.05, 0) is 17.7 Å². The minimum absolute atomic E-state index is 0.376. The smallest absolute Gasteiger partial charge is 0.120 e. The number of nitrogens with two attached hydrogens (primary N) is 1. The molecule has 0 atom stereocenters. The maximum absolute atomic E-state index is 5.73. The first-order valence-corrected chi connectivity index (χ1v) is 6.05. The van der Waals surface area contributed by atoms with Crippen LogP contribution in [-0.4, -0.2) is 19.4 Å². The monoisotopic (exact) mass is 255 g/mol. The normalized spacial score (nSPS) is 11.2. The first-order chi connectivity index (χ1) is 9.33. The average Bonchev–Trinajstić information content (AvgIpc) is 2.49. The number of anilines is 1. The Kier molecular flexibility index (Phi) is 4.53. The molecule has 4 nitrogen and oxygen atoms in total. The number of nitrogens with zero attached hydrogens (tertiary/aromatic N) is 1. The van der Waals surface area contributed by atoms with E-state index in [1.54, 1.807) is 7.11 Å². The molecule has 0 heterocycles. The van der Waals surface area contributed by atoms with Gasteiger partial charge in [0, 0.05) is 12.6 Å². The molecule has 0 aliphatic heterocycles. The number of ether oxygens (including phenoxy) is 1. The number of hydrogen-bond donors (Lipinski definition) is 2. The lowest BCUT2D eigenvalue weighted by Gasteiger charge is -2.07. The molecule has 0 spiro atoms. The van der Waals surface area contributed by atoms with E-state index in [2.05, 4.69) is 10.5 Å². The van der Waals surface area contributed by atoms with Gasteiger partial charge in [-0.25, -0.2) is 0 Å². The zero-order chi connectivity index (χ0) is 13.5. The summed E-state index contributed by atoms with van der Waals surface area (Å²) in [5.41, 5.74) is 11.4. The minimum atomic E-state index is 0.376. The van der Waals surface area contributed by atoms with E-state index in [9.17, 15) is 0 Å². The third-order valence-corrected chi connectivity index (χ3v) is 2.69. The lowest BCUT2D eigenvalue weighted by molar-refractivity contribution is 0.415. The molecule has 0 aliphatic rings. The van der Waals surface area contributed by atoms with Crippen LogP contribution < -0.4 is 15.9 Å². The van der Waals surface area contributed by atoms with Crippen LogP contribution in [-0.2, 0) is 0 Å². The zero-order valence-corrected chi connectivity index (χ0v) is 10.8. The van der Waals surface area contributed by atoms with Crippen molar-refractivity contribution in [2.24, 2.45) is 10.8 Å². The molecule has 98 valence electrons. The van der Waals surface area contributed by atoms with Crippen molar-refractivity contribution in [3.8, 4) is 5.75 Å². The highest BCUT2D eigenvalue weighted by Crippen LogP contribution is 2.16. The zero-order valence-electron chi connectivity index (χ0n) is 10.8. The fraction of sp³-hybridized carbons (Fsp3) is 0.133. The number of rotatable bonds is 5. The SMILES string of the molecule is COc1cccc(NN=C(CN)c2ccccc2)c1. The Labute approximate surface area is 112 Å². The van der Waals surface area contributed by atoms with Crippen LogP contribution in [0.2, 0.25) is 0 Å². The molecule has 4 heteroatoms. The van der Waals surface area contributed by atoms with Gasteiger partial charge in [-0.1, -0.05) is 36.4 Å². The van der Waals surface area contributed by atoms with Crippen molar-refractivity contribution >= 4 is 11.4 Å². The van der Waals surface area contributed by atoms with E-state index in [4.69, 9.17) is 10.5 Å². The van der Waals surface area contributed by atoms with E-state index in [-0.39, 0.29) is 0 Å². The van der Waals surface area contributed by atoms with Crippen LogP contribution >= 0.6 is 0 Å². The second kappa shape index (κ2) is 6.56. The van der Waals surface area contributed by atoms with Crippen molar-refractivity contribution in [3.63, 3.8) is 0 Å². The molecule has 0 bridgehead atoms. The van der Waals surface area contributed by atoms with Gasteiger partial charge in [0.05, 0.1) is 18.5 Å². The van der Waals surface area contributed by atoms with Gasteiger partial charge in [0.25, 0.3) is 0 Å². The second-order valence-electron chi connectivity index (χ2n) is 3.97. The highest BCUT2D eigenvalue weighted by Gasteiger charge is 2.00. The predicted molar refractivity (Wildman–Crippen MR) is 78.7 cm³/mol. The highest BCUT2D eigenvalue weighted by atomic mass is 16.5. The maximum atomic E-state index is 5.73. The second-order valence-corrected chi connectivity index (χ2v) is 3.97. The van der Waals surface area contributed by atoms with Gasteiger partial charge in [0.15, 0.2) is 0 Å². The minimum Gasteiger partial charge on any atom is -0.497 e. The van der Waals surface area contributed by atoms with Crippen molar-refractivity contribution in [2.45, 2.75) is 0 Å². The summed E-state index contributed by atoms with van der Waals surface area (Å²) in [6.07, 6.45) is 0. The molecule has 0 saturated carbocycles. The predicted octanol–water partition coefficient (Wildman–Crippen LogP) is 2.47. The Balaban J connectivity index is 2.15. The first-order valence-electron chi connectivity index (χ1n) is 6.05. The van der Waals surface area contributed by atoms with Crippen LogP contribution in [0.15, 0.2) is 59.7 Å². The number of hydrazone groups is 1. The molecule has 0 radical (unpaired) electrons. The highest BCUT2D eigenvalue weighted by molar-refractivity contribution is 6.02. The summed E-state index contributed by atoms with van der Waals surface area (Å²) in [5.74, 6) is 0.786. The molecule has 0 amide bonds. The Morgan fingerprint density at radius 1 is 1.16 bits per heavy atom. The molecule has 0 aromatic heterocycles. The molecule has 0 unspecified atom stereocenters. The Bertz CT molecular complexity index is 552. The van der Waals surface area contributed by atoms with Gasteiger partial charge in [-0.2, -0.15) is 5.10 Å². The summed E-state index contributed by atoms with van der Waals surface area (Å²) in [6, 6.07) is 17.5. The summed E-state index contributed by atoms with van der Waals surface area (Å²) < 4.78 is 5.16. The van der Waals surface area contributed by atoms with Gasteiger partial charge in [0.1, 0.15) is 5.75 Å². The molecule has 19 heavy (non-hydrogen) atoms. The molecule has 2 aromatic carbocycles. The van der Waals surface area contributed by atoms with E-state index in [1.165, 1.54) is 0 Å². The number of methoxy groups -OCH3 is 1. The van der Waals surface area contributed by atoms with Crippen LogP contribution in [0.1, 0.15) is 5.56 Å². The Morgan fingerprint density at radius 3 is 2.63 bits per heavy atom. The summed E-state index contributed by atoms with van der Waals surface area (Å²) >= 11 is 0. The number of benzene rings is 2. The topological polar surface area (TPSA) is 59.6 Å². The fourth-order valence-corrected chi connectivity index (χ4v) is 1.68. The first kappa shape index (κ1) is 13.1. The molecular formula is C15H17N3O. The quantitative estimate of drug-likeness (QED) is 0.637. The third-order valence-electron chi connectivity index (χ3n) is 2.69. The lowest BCUT2D eigenvalue weighted by Crippen LogP contribution is -2.16. The van der Waals surface area contributed by atoms with E-state index in [1.807, 2.05) is 54.6 Å². The van der Waals surface area contributed by atoms with Crippen LogP contribution in [0, 0.1) is 0 Å². The van der Waals surface area contributed by atoms with E-state index >= 15 is 0 Å². The van der Waals surface area contributed by atoms with Crippen LogP contribution in [0.5, 0.6) is 5.75 Å². The summed E-state index contributed by atoms with van der Waals surface area (Å²) in [5, 5.41) is 4.34. The third kappa shape index (κ3) is 3.56. The summed E-state index contributed by atoms with van der Waals surface area (Å²) in [6.45, 7) is 0.376. The van der Waals surface area contributed by atoms with E-state index < -0.39 is 0 Å². The molecule has 0 saturated heterocycles. The lowest BCUT2D eigenvalue weighted by atomic mass is 10.1. The fourth-order valence-electron chi connectivity index (χ4n) is 1.68. The molecule has 0 aliphatic carbocycles. The molecular weight excluding hydrogens is 238 g/mol. The maximum Gasteiger partial charge on any atom is 0.120 e. The van der Waals surface area contributed by atoms with Crippen LogP contribution in [0.3, 0.4) is 0 Å². The summed E-state index contributed by atoms with van der Waals surface area (Å²) in [4.78, 5) is 0. The van der Waals surface area contributed by atoms with Gasteiger partial charge in [-0.15, -0.1) is 0 Å². The Morgan fingerprint density at radius 2 is 1.95 bits per heavy atom. The van der Waals surface area contributed by atoms with Crippen LogP contribution in [0.25, 0.3) is 0 Å². The van der Waals surface area contributed by atoms with Crippen molar-refractivity contribution < 1.29 is 4.74 Å². The molecule has 2 rings (SSSR count). The van der Waals surface area contributed by atoms with Gasteiger partial charge in [0.2, 0.25) is 0 Å². The standard InChI is InChI=1S/C15H17N3O/c1-19-14-9-5-8-13(10-14)17-18-15(11-16)12-6-3-2-4-7-12/h2-10,17H,11,16H2,1H3. The van der Waals surface area contributed by atoms with Gasteiger partial charge >= 0.3 is 0 Å². The molecule has 0 fully saturated rings. The van der Waals surface area contributed by atoms with Crippen molar-refractivity contribution in [1.29, 1.82) is 0 Å². The molecule has 3 N–H and O–H groups in total. The number of hydrogen-bond acceptors (Lipinski definition) is 4. The van der Waals surface area contributed by atoms with Crippen LogP contribution in [0.4, 0.5) is 5.69 Å². The van der Waals surface area contributed by atoms with Crippen molar-refractivity contribution in [1.82, 2.24) is 0 Å². The van der Waals surface area contributed by atoms with E-state index in [0.717, 1.165) is 22.7 Å². The average molecular weight is 255 g/mol. The largest absolute Gasteiger partial charge is 0.497 e. The number of nitrogens with one attached hydrogen (secondary N) is 1. The van der Waals surface area contributed by atoms with Crippen molar-refractivity contribution in [2.75, 3.05) is 19.1 Å². The van der Waals surface area contributed by atoms with Crippen molar-refractivity contribution in [3.05, 3.63) is 60.2 Å². The van der Waals surface area contributed by atoms with Gasteiger partial charge in [-0.3, -0.25) is 5.43 Å².